The molecule has 0 radical (unpaired) electrons. The lowest BCUT2D eigenvalue weighted by Crippen LogP contribution is -2.37. The largest absolute Gasteiger partial charge is 0.496 e. The Morgan fingerprint density at radius 3 is 2.65 bits per heavy atom. The van der Waals surface area contributed by atoms with Gasteiger partial charge in [0.2, 0.25) is 0 Å². The van der Waals surface area contributed by atoms with Gasteiger partial charge in [0, 0.05) is 39.6 Å². The van der Waals surface area contributed by atoms with Crippen molar-refractivity contribution in [2.75, 3.05) is 20.7 Å². The van der Waals surface area contributed by atoms with Crippen LogP contribution in [0.25, 0.3) is 0 Å². The Labute approximate surface area is 155 Å². The molecule has 0 aliphatic heterocycles. The summed E-state index contributed by atoms with van der Waals surface area (Å²) in [6.45, 7) is 1.56. The zero-order valence-electron chi connectivity index (χ0n) is 13.9. The van der Waals surface area contributed by atoms with Crippen molar-refractivity contribution >= 4 is 29.9 Å². The molecule has 2 N–H and O–H groups in total. The first-order valence-corrected chi connectivity index (χ1v) is 7.40. The third-order valence-corrected chi connectivity index (χ3v) is 3.46. The molecule has 0 saturated carbocycles. The van der Waals surface area contributed by atoms with E-state index in [1.165, 1.54) is 11.1 Å². The van der Waals surface area contributed by atoms with E-state index in [9.17, 15) is 0 Å². The summed E-state index contributed by atoms with van der Waals surface area (Å²) < 4.78 is 7.40. The van der Waals surface area contributed by atoms with Crippen LogP contribution in [0.15, 0.2) is 47.7 Å². The molecular weight excluding hydrogens is 403 g/mol. The number of hydrogen-bond donors (Lipinski definition) is 2. The van der Waals surface area contributed by atoms with Gasteiger partial charge in [-0.1, -0.05) is 18.2 Å². The van der Waals surface area contributed by atoms with Crippen molar-refractivity contribution in [3.05, 3.63) is 53.9 Å². The highest BCUT2D eigenvalue weighted by molar-refractivity contribution is 14.0. The molecule has 0 atom stereocenters. The minimum atomic E-state index is 0. The van der Waals surface area contributed by atoms with Crippen LogP contribution in [-0.4, -0.2) is 31.2 Å². The first kappa shape index (κ1) is 19.3. The molecule has 0 spiro atoms. The predicted octanol–water partition coefficient (Wildman–Crippen LogP) is 2.56. The molecule has 23 heavy (non-hydrogen) atoms. The fraction of sp³-hybridized carbons (Fsp3) is 0.353. The van der Waals surface area contributed by atoms with Gasteiger partial charge in [-0.25, -0.2) is 0 Å². The van der Waals surface area contributed by atoms with Crippen molar-refractivity contribution in [2.45, 2.75) is 13.0 Å². The molecule has 2 rings (SSSR count). The van der Waals surface area contributed by atoms with E-state index in [0.717, 1.165) is 31.2 Å². The summed E-state index contributed by atoms with van der Waals surface area (Å²) in [5.74, 6) is 1.73. The van der Waals surface area contributed by atoms with E-state index in [-0.39, 0.29) is 24.0 Å². The fourth-order valence-electron chi connectivity index (χ4n) is 2.30. The van der Waals surface area contributed by atoms with Gasteiger partial charge in [-0.2, -0.15) is 0 Å². The minimum absolute atomic E-state index is 0. The number of aromatic nitrogens is 1. The molecule has 0 unspecified atom stereocenters. The molecular formula is C17H25IN4O. The van der Waals surface area contributed by atoms with Crippen LogP contribution in [0.5, 0.6) is 5.75 Å². The van der Waals surface area contributed by atoms with E-state index in [1.54, 1.807) is 14.2 Å². The van der Waals surface area contributed by atoms with Gasteiger partial charge in [0.25, 0.3) is 0 Å². The SMILES string of the molecule is CN=C(NCCc1ccccc1OC)NCc1ccn(C)c1.I. The number of para-hydroxylation sites is 1. The van der Waals surface area contributed by atoms with Gasteiger partial charge in [-0.15, -0.1) is 24.0 Å². The monoisotopic (exact) mass is 428 g/mol. The molecule has 5 nitrogen and oxygen atoms in total. The Balaban J connectivity index is 0.00000264. The minimum Gasteiger partial charge on any atom is -0.496 e. The first-order chi connectivity index (χ1) is 10.7. The fourth-order valence-corrected chi connectivity index (χ4v) is 2.30. The second-order valence-electron chi connectivity index (χ2n) is 5.10. The highest BCUT2D eigenvalue weighted by atomic mass is 127. The topological polar surface area (TPSA) is 50.6 Å². The molecule has 1 aromatic heterocycles. The van der Waals surface area contributed by atoms with Crippen molar-refractivity contribution < 1.29 is 4.74 Å². The van der Waals surface area contributed by atoms with E-state index in [4.69, 9.17) is 4.74 Å². The number of hydrogen-bond acceptors (Lipinski definition) is 2. The van der Waals surface area contributed by atoms with Crippen LogP contribution >= 0.6 is 24.0 Å². The standard InChI is InChI=1S/C17H24N4O.HI/c1-18-17(20-12-14-9-11-21(2)13-14)19-10-8-15-6-4-5-7-16(15)22-3;/h4-7,9,11,13H,8,10,12H2,1-3H3,(H2,18,19,20);1H. The van der Waals surface area contributed by atoms with Crippen LogP contribution in [0, 0.1) is 0 Å². The normalized spacial score (nSPS) is 10.8. The molecule has 0 saturated heterocycles. The lowest BCUT2D eigenvalue weighted by Gasteiger charge is -2.12. The summed E-state index contributed by atoms with van der Waals surface area (Å²) in [4.78, 5) is 4.24. The van der Waals surface area contributed by atoms with Gasteiger partial charge in [0.05, 0.1) is 7.11 Å². The van der Waals surface area contributed by atoms with Crippen LogP contribution in [0.1, 0.15) is 11.1 Å². The molecule has 0 aliphatic carbocycles. The summed E-state index contributed by atoms with van der Waals surface area (Å²) in [6.07, 6.45) is 5.01. The highest BCUT2D eigenvalue weighted by Gasteiger charge is 2.03. The Bertz CT molecular complexity index is 625. The number of nitrogens with zero attached hydrogens (tertiary/aromatic N) is 2. The van der Waals surface area contributed by atoms with Crippen LogP contribution in [0.2, 0.25) is 0 Å². The molecule has 0 amide bonds. The van der Waals surface area contributed by atoms with Crippen molar-refractivity contribution in [2.24, 2.45) is 12.0 Å². The van der Waals surface area contributed by atoms with Crippen molar-refractivity contribution in [1.29, 1.82) is 0 Å². The third-order valence-electron chi connectivity index (χ3n) is 3.46. The molecule has 0 aliphatic rings. The van der Waals surface area contributed by atoms with E-state index < -0.39 is 0 Å². The molecule has 0 bridgehead atoms. The van der Waals surface area contributed by atoms with E-state index >= 15 is 0 Å². The van der Waals surface area contributed by atoms with E-state index in [2.05, 4.69) is 34.0 Å². The molecule has 0 fully saturated rings. The van der Waals surface area contributed by atoms with Gasteiger partial charge in [-0.05, 0) is 29.7 Å². The number of ether oxygens (including phenoxy) is 1. The lowest BCUT2D eigenvalue weighted by atomic mass is 10.1. The Kier molecular flexibility index (Phi) is 8.53. The number of methoxy groups -OCH3 is 1. The van der Waals surface area contributed by atoms with E-state index in [1.807, 2.05) is 36.0 Å². The summed E-state index contributed by atoms with van der Waals surface area (Å²) in [6, 6.07) is 10.2. The molecule has 1 aromatic carbocycles. The van der Waals surface area contributed by atoms with Gasteiger partial charge in [0.15, 0.2) is 5.96 Å². The zero-order chi connectivity index (χ0) is 15.8. The second kappa shape index (κ2) is 10.1. The van der Waals surface area contributed by atoms with Crippen LogP contribution in [0.4, 0.5) is 0 Å². The summed E-state index contributed by atoms with van der Waals surface area (Å²) in [7, 11) is 5.50. The van der Waals surface area contributed by atoms with Crippen LogP contribution in [0.3, 0.4) is 0 Å². The molecule has 2 aromatic rings. The molecule has 1 heterocycles. The van der Waals surface area contributed by atoms with Crippen molar-refractivity contribution in [3.8, 4) is 5.75 Å². The molecule has 6 heteroatoms. The number of rotatable bonds is 6. The quantitative estimate of drug-likeness (QED) is 0.423. The van der Waals surface area contributed by atoms with Crippen molar-refractivity contribution in [3.63, 3.8) is 0 Å². The highest BCUT2D eigenvalue weighted by Crippen LogP contribution is 2.17. The number of nitrogens with one attached hydrogen (secondary N) is 2. The third kappa shape index (κ3) is 6.13. The Hall–Kier alpha value is -1.70. The Morgan fingerprint density at radius 2 is 2.00 bits per heavy atom. The zero-order valence-corrected chi connectivity index (χ0v) is 16.2. The molecule has 126 valence electrons. The number of aliphatic imine (C=N–C) groups is 1. The average Bonchev–Trinajstić information content (AvgIpc) is 2.96. The van der Waals surface area contributed by atoms with Crippen LogP contribution < -0.4 is 15.4 Å². The second-order valence-corrected chi connectivity index (χ2v) is 5.10. The maximum Gasteiger partial charge on any atom is 0.191 e. The van der Waals surface area contributed by atoms with E-state index in [0.29, 0.717) is 0 Å². The summed E-state index contributed by atoms with van der Waals surface area (Å²) in [5.41, 5.74) is 2.42. The number of guanidine groups is 1. The summed E-state index contributed by atoms with van der Waals surface area (Å²) in [5, 5.41) is 6.63. The van der Waals surface area contributed by atoms with Gasteiger partial charge in [-0.3, -0.25) is 4.99 Å². The van der Waals surface area contributed by atoms with Crippen LogP contribution in [-0.2, 0) is 20.0 Å². The maximum absolute atomic E-state index is 5.36. The lowest BCUT2D eigenvalue weighted by molar-refractivity contribution is 0.409. The van der Waals surface area contributed by atoms with Gasteiger partial charge < -0.3 is 19.9 Å². The van der Waals surface area contributed by atoms with Gasteiger partial charge >= 0.3 is 0 Å². The predicted molar refractivity (Wildman–Crippen MR) is 106 cm³/mol. The number of aryl methyl sites for hydroxylation is 1. The smallest absolute Gasteiger partial charge is 0.191 e. The average molecular weight is 428 g/mol. The summed E-state index contributed by atoms with van der Waals surface area (Å²) >= 11 is 0. The van der Waals surface area contributed by atoms with Crippen molar-refractivity contribution in [1.82, 2.24) is 15.2 Å². The number of benzene rings is 1. The maximum atomic E-state index is 5.36. The number of halogens is 1. The van der Waals surface area contributed by atoms with Gasteiger partial charge in [0.1, 0.15) is 5.75 Å². The Morgan fingerprint density at radius 1 is 1.22 bits per heavy atom. The first-order valence-electron chi connectivity index (χ1n) is 7.40.